The molecule has 1 saturated heterocycles. The number of aromatic nitrogens is 2. The molecule has 146 valence electrons. The summed E-state index contributed by atoms with van der Waals surface area (Å²) in [6.45, 7) is 3.52. The Balaban J connectivity index is 1.48. The van der Waals surface area contributed by atoms with Crippen LogP contribution in [-0.2, 0) is 5.54 Å². The van der Waals surface area contributed by atoms with Crippen molar-refractivity contribution in [1.82, 2.24) is 14.7 Å². The molecule has 5 fully saturated rings. The van der Waals surface area contributed by atoms with E-state index in [-0.39, 0.29) is 22.8 Å². The summed E-state index contributed by atoms with van der Waals surface area (Å²) in [7, 11) is 0. The third-order valence-electron chi connectivity index (χ3n) is 7.66. The highest BCUT2D eigenvalue weighted by Crippen LogP contribution is 2.58. The SMILES string of the molecule is CC1CCN(C(=O)c2nn(C34CC5CC(CC(C5)C3)C4)cc2[N+](=O)[O-])CC1. The molecule has 1 aliphatic heterocycles. The molecule has 5 aliphatic rings. The number of amides is 1. The number of piperidine rings is 1. The van der Waals surface area contributed by atoms with Gasteiger partial charge in [0.15, 0.2) is 0 Å². The average Bonchev–Trinajstić information content (AvgIpc) is 3.07. The van der Waals surface area contributed by atoms with Crippen molar-refractivity contribution in [2.24, 2.45) is 23.7 Å². The van der Waals surface area contributed by atoms with Crippen molar-refractivity contribution in [2.45, 2.75) is 63.8 Å². The summed E-state index contributed by atoms with van der Waals surface area (Å²) in [5.74, 6) is 2.51. The van der Waals surface area contributed by atoms with Crippen LogP contribution in [-0.4, -0.2) is 38.6 Å². The maximum Gasteiger partial charge on any atom is 0.320 e. The second-order valence-corrected chi connectivity index (χ2v) is 9.68. The molecule has 6 rings (SSSR count). The third kappa shape index (κ3) is 2.77. The van der Waals surface area contributed by atoms with Crippen molar-refractivity contribution in [3.63, 3.8) is 0 Å². The number of hydrogen-bond donors (Lipinski definition) is 0. The van der Waals surface area contributed by atoms with Gasteiger partial charge >= 0.3 is 5.69 Å². The van der Waals surface area contributed by atoms with Crippen molar-refractivity contribution in [3.05, 3.63) is 22.0 Å². The van der Waals surface area contributed by atoms with Gasteiger partial charge in [-0.05, 0) is 75.0 Å². The fourth-order valence-electron chi connectivity index (χ4n) is 6.60. The van der Waals surface area contributed by atoms with Gasteiger partial charge < -0.3 is 4.90 Å². The second kappa shape index (κ2) is 6.04. The molecule has 2 heterocycles. The van der Waals surface area contributed by atoms with Crippen LogP contribution in [0.5, 0.6) is 0 Å². The number of nitrogens with zero attached hydrogens (tertiary/aromatic N) is 4. The first-order chi connectivity index (χ1) is 12.9. The first-order valence-electron chi connectivity index (χ1n) is 10.5. The number of hydrogen-bond acceptors (Lipinski definition) is 4. The van der Waals surface area contributed by atoms with E-state index >= 15 is 0 Å². The summed E-state index contributed by atoms with van der Waals surface area (Å²) in [4.78, 5) is 26.0. The van der Waals surface area contributed by atoms with Crippen LogP contribution in [0.25, 0.3) is 0 Å². The van der Waals surface area contributed by atoms with Gasteiger partial charge in [0.25, 0.3) is 5.91 Å². The Morgan fingerprint density at radius 2 is 1.70 bits per heavy atom. The topological polar surface area (TPSA) is 81.3 Å². The van der Waals surface area contributed by atoms with Gasteiger partial charge in [-0.1, -0.05) is 6.92 Å². The zero-order valence-corrected chi connectivity index (χ0v) is 16.0. The van der Waals surface area contributed by atoms with Crippen molar-refractivity contribution >= 4 is 11.6 Å². The lowest BCUT2D eigenvalue weighted by molar-refractivity contribution is -0.385. The molecule has 0 aromatic carbocycles. The Kier molecular flexibility index (Phi) is 3.85. The average molecular weight is 372 g/mol. The Bertz CT molecular complexity index is 743. The normalized spacial score (nSPS) is 35.6. The lowest BCUT2D eigenvalue weighted by Gasteiger charge is -2.56. The van der Waals surface area contributed by atoms with Crippen LogP contribution >= 0.6 is 0 Å². The highest BCUT2D eigenvalue weighted by Gasteiger charge is 2.53. The van der Waals surface area contributed by atoms with Crippen molar-refractivity contribution in [1.29, 1.82) is 0 Å². The highest BCUT2D eigenvalue weighted by atomic mass is 16.6. The van der Waals surface area contributed by atoms with Gasteiger partial charge in [0.1, 0.15) is 6.20 Å². The van der Waals surface area contributed by atoms with E-state index in [0.29, 0.717) is 19.0 Å². The van der Waals surface area contributed by atoms with Crippen LogP contribution in [0.2, 0.25) is 0 Å². The van der Waals surface area contributed by atoms with Gasteiger partial charge in [0.05, 0.1) is 10.5 Å². The summed E-state index contributed by atoms with van der Waals surface area (Å²) in [6.07, 6.45) is 10.6. The van der Waals surface area contributed by atoms with Crippen LogP contribution in [0.15, 0.2) is 6.20 Å². The molecule has 0 unspecified atom stereocenters. The number of carbonyl (C=O) groups is 1. The summed E-state index contributed by atoms with van der Waals surface area (Å²) >= 11 is 0. The number of rotatable bonds is 3. The van der Waals surface area contributed by atoms with Gasteiger partial charge in [-0.2, -0.15) is 5.10 Å². The predicted octanol–water partition coefficient (Wildman–Crippen LogP) is 3.59. The van der Waals surface area contributed by atoms with Crippen molar-refractivity contribution < 1.29 is 9.72 Å². The fourth-order valence-corrected chi connectivity index (χ4v) is 6.60. The smallest absolute Gasteiger partial charge is 0.320 e. The molecule has 0 N–H and O–H groups in total. The maximum atomic E-state index is 13.0. The van der Waals surface area contributed by atoms with Crippen LogP contribution in [0.4, 0.5) is 5.69 Å². The number of nitro groups is 1. The molecule has 0 spiro atoms. The molecule has 27 heavy (non-hydrogen) atoms. The summed E-state index contributed by atoms with van der Waals surface area (Å²) in [5.41, 5.74) is -0.172. The molecule has 4 bridgehead atoms. The minimum Gasteiger partial charge on any atom is -0.337 e. The molecule has 1 aromatic rings. The Morgan fingerprint density at radius 3 is 2.22 bits per heavy atom. The van der Waals surface area contributed by atoms with E-state index in [4.69, 9.17) is 0 Å². The molecule has 0 atom stereocenters. The van der Waals surface area contributed by atoms with Gasteiger partial charge in [-0.3, -0.25) is 19.6 Å². The molecule has 7 heteroatoms. The van der Waals surface area contributed by atoms with E-state index in [0.717, 1.165) is 49.9 Å². The molecule has 7 nitrogen and oxygen atoms in total. The second-order valence-electron chi connectivity index (χ2n) is 9.68. The van der Waals surface area contributed by atoms with Crippen molar-refractivity contribution in [3.8, 4) is 0 Å². The minimum absolute atomic E-state index is 0.0466. The molecular weight excluding hydrogens is 344 g/mol. The van der Waals surface area contributed by atoms with E-state index in [1.165, 1.54) is 19.3 Å². The van der Waals surface area contributed by atoms with E-state index < -0.39 is 4.92 Å². The number of carbonyl (C=O) groups excluding carboxylic acids is 1. The molecule has 1 amide bonds. The van der Waals surface area contributed by atoms with Gasteiger partial charge in [-0.25, -0.2) is 0 Å². The molecule has 4 saturated carbocycles. The lowest BCUT2D eigenvalue weighted by Crippen LogP contribution is -2.52. The van der Waals surface area contributed by atoms with E-state index in [1.807, 2.05) is 4.68 Å². The lowest BCUT2D eigenvalue weighted by atomic mass is 9.53. The summed E-state index contributed by atoms with van der Waals surface area (Å²) in [5, 5.41) is 16.3. The predicted molar refractivity (Wildman–Crippen MR) is 99.3 cm³/mol. The summed E-state index contributed by atoms with van der Waals surface area (Å²) in [6, 6.07) is 0. The van der Waals surface area contributed by atoms with E-state index in [9.17, 15) is 14.9 Å². The van der Waals surface area contributed by atoms with Gasteiger partial charge in [0.2, 0.25) is 5.69 Å². The molecular formula is C20H28N4O3. The quantitative estimate of drug-likeness (QED) is 0.600. The Hall–Kier alpha value is -1.92. The van der Waals surface area contributed by atoms with Crippen LogP contribution in [0, 0.1) is 33.8 Å². The van der Waals surface area contributed by atoms with Gasteiger partial charge in [0, 0.05) is 13.1 Å². The largest absolute Gasteiger partial charge is 0.337 e. The standard InChI is InChI=1S/C20H28N4O3/c1-13-2-4-22(5-3-13)19(25)18-17(24(26)27)12-23(21-18)20-9-14-6-15(10-20)8-16(7-14)11-20/h12-16H,2-11H2,1H3. The molecule has 4 aliphatic carbocycles. The third-order valence-corrected chi connectivity index (χ3v) is 7.66. The summed E-state index contributed by atoms with van der Waals surface area (Å²) < 4.78 is 1.84. The molecule has 0 radical (unpaired) electrons. The minimum atomic E-state index is -0.427. The first kappa shape index (κ1) is 17.2. The fraction of sp³-hybridized carbons (Fsp3) is 0.800. The Morgan fingerprint density at radius 1 is 1.15 bits per heavy atom. The van der Waals surface area contributed by atoms with Crippen molar-refractivity contribution in [2.75, 3.05) is 13.1 Å². The van der Waals surface area contributed by atoms with E-state index in [2.05, 4.69) is 12.0 Å². The monoisotopic (exact) mass is 372 g/mol. The first-order valence-corrected chi connectivity index (χ1v) is 10.5. The van der Waals surface area contributed by atoms with Crippen LogP contribution in [0.1, 0.15) is 68.8 Å². The van der Waals surface area contributed by atoms with Crippen LogP contribution < -0.4 is 0 Å². The van der Waals surface area contributed by atoms with Gasteiger partial charge in [-0.15, -0.1) is 0 Å². The Labute approximate surface area is 159 Å². The highest BCUT2D eigenvalue weighted by molar-refractivity contribution is 5.96. The molecule has 1 aromatic heterocycles. The zero-order valence-electron chi connectivity index (χ0n) is 16.0. The van der Waals surface area contributed by atoms with E-state index in [1.54, 1.807) is 11.1 Å². The zero-order chi connectivity index (χ0) is 18.8. The maximum absolute atomic E-state index is 13.0. The van der Waals surface area contributed by atoms with Crippen LogP contribution in [0.3, 0.4) is 0 Å². The number of likely N-dealkylation sites (tertiary alicyclic amines) is 1.